The van der Waals surface area contributed by atoms with E-state index < -0.39 is 67.3 Å². The van der Waals surface area contributed by atoms with E-state index in [1.54, 1.807) is 37.8 Å². The zero-order chi connectivity index (χ0) is 40.2. The van der Waals surface area contributed by atoms with Crippen LogP contribution in [0, 0.1) is 6.92 Å². The SMILES string of the molecule is Cc1nc(N)c(C(=O)NC(N)=NCCCCc2ccc(OCCN(C[C@H](O)[C@@H](O)[C@H](O)[C@H]3CO[C@@H](C)O3)C[C@H](O)[C@@H](O)[C@H](O)[C@H]3CO[C@@H](C)O3)cc2)nc1Cl. The van der Waals surface area contributed by atoms with Gasteiger partial charge in [0.25, 0.3) is 5.91 Å². The molecule has 2 fully saturated rings. The normalized spacial score (nSPS) is 23.7. The van der Waals surface area contributed by atoms with Crippen molar-refractivity contribution >= 4 is 29.3 Å². The van der Waals surface area contributed by atoms with Gasteiger partial charge in [-0.1, -0.05) is 23.7 Å². The number of aliphatic hydroxyl groups is 6. The number of aromatic nitrogens is 2. The number of ether oxygens (including phenoxy) is 5. The standard InChI is InChI=1S/C35H54ClN7O12/c1-18-32(36)41-27(33(37)40-18)34(50)42-35(38)39-11-5-4-6-21-7-9-22(10-8-21)51-13-12-43(14-23(44)28(46)30(48)25-16-52-19(2)54-25)15-24(45)29(47)31(49)26-17-53-20(3)55-26/h7-10,19-20,23-26,28-31,44-49H,4-6,11-17H2,1-3H3,(H2,37,40)(H3,38,39,42,50)/t19-,20-,23+,24+,25-,26-,28-,29-,30-,31-/m1/s1. The fourth-order valence-corrected chi connectivity index (χ4v) is 6.08. The predicted molar refractivity (Wildman–Crippen MR) is 198 cm³/mol. The number of rotatable bonds is 20. The molecule has 308 valence electrons. The third-order valence-electron chi connectivity index (χ3n) is 9.12. The molecule has 0 aliphatic carbocycles. The number of guanidine groups is 1. The molecule has 55 heavy (non-hydrogen) atoms. The number of aryl methyl sites for hydroxylation is 2. The second-order valence-electron chi connectivity index (χ2n) is 13.5. The lowest BCUT2D eigenvalue weighted by Gasteiger charge is -2.33. The number of nitrogens with zero attached hydrogens (tertiary/aromatic N) is 4. The number of carbonyl (C=O) groups excluding carboxylic acids is 1. The summed E-state index contributed by atoms with van der Waals surface area (Å²) in [6, 6.07) is 7.43. The molecule has 11 N–H and O–H groups in total. The van der Waals surface area contributed by atoms with Gasteiger partial charge in [-0.05, 0) is 57.7 Å². The van der Waals surface area contributed by atoms with Gasteiger partial charge < -0.3 is 65.8 Å². The number of nitrogens with one attached hydrogen (secondary N) is 1. The average Bonchev–Trinajstić information content (AvgIpc) is 3.79. The van der Waals surface area contributed by atoms with Crippen LogP contribution < -0.4 is 21.5 Å². The molecule has 2 aliphatic heterocycles. The molecule has 0 spiro atoms. The van der Waals surface area contributed by atoms with Crippen molar-refractivity contribution in [2.24, 2.45) is 10.7 Å². The summed E-state index contributed by atoms with van der Waals surface area (Å²) in [5.41, 5.74) is 12.9. The van der Waals surface area contributed by atoms with Crippen LogP contribution in [0.3, 0.4) is 0 Å². The Hall–Kier alpha value is -3.31. The molecule has 10 atom stereocenters. The number of benzene rings is 1. The van der Waals surface area contributed by atoms with Gasteiger partial charge in [-0.25, -0.2) is 9.97 Å². The number of anilines is 1. The number of aliphatic imine (C=N–C) groups is 1. The first-order valence-corrected chi connectivity index (χ1v) is 18.5. The van der Waals surface area contributed by atoms with Crippen LogP contribution in [0.1, 0.15) is 48.4 Å². The van der Waals surface area contributed by atoms with Crippen LogP contribution in [0.4, 0.5) is 5.82 Å². The molecule has 1 amide bonds. The van der Waals surface area contributed by atoms with Crippen molar-refractivity contribution in [2.45, 2.75) is 101 Å². The van der Waals surface area contributed by atoms with Crippen molar-refractivity contribution < 1.29 is 59.1 Å². The topological polar surface area (TPSA) is 290 Å². The monoisotopic (exact) mass is 799 g/mol. The van der Waals surface area contributed by atoms with E-state index in [9.17, 15) is 35.4 Å². The minimum atomic E-state index is -1.61. The highest BCUT2D eigenvalue weighted by atomic mass is 35.5. The molecular formula is C35H54ClN7O12. The first-order chi connectivity index (χ1) is 26.1. The molecule has 1 aromatic carbocycles. The maximum atomic E-state index is 12.4. The molecule has 0 bridgehead atoms. The van der Waals surface area contributed by atoms with E-state index in [1.165, 1.54) is 0 Å². The summed E-state index contributed by atoms with van der Waals surface area (Å²) in [6.07, 6.45) is -9.68. The lowest BCUT2D eigenvalue weighted by atomic mass is 10.0. The molecule has 20 heteroatoms. The predicted octanol–water partition coefficient (Wildman–Crippen LogP) is -1.54. The smallest absolute Gasteiger partial charge is 0.280 e. The van der Waals surface area contributed by atoms with Gasteiger partial charge in [0.05, 0.1) is 31.1 Å². The Balaban J connectivity index is 1.24. The quantitative estimate of drug-likeness (QED) is 0.0417. The van der Waals surface area contributed by atoms with Gasteiger partial charge in [-0.15, -0.1) is 0 Å². The van der Waals surface area contributed by atoms with Gasteiger partial charge >= 0.3 is 0 Å². The van der Waals surface area contributed by atoms with E-state index in [0.717, 1.165) is 18.4 Å². The third kappa shape index (κ3) is 13.4. The van der Waals surface area contributed by atoms with E-state index in [1.807, 2.05) is 12.1 Å². The second-order valence-corrected chi connectivity index (χ2v) is 13.9. The van der Waals surface area contributed by atoms with Crippen molar-refractivity contribution in [3.63, 3.8) is 0 Å². The van der Waals surface area contributed by atoms with Crippen LogP contribution in [0.25, 0.3) is 0 Å². The molecule has 2 aliphatic rings. The molecule has 1 aromatic heterocycles. The largest absolute Gasteiger partial charge is 0.492 e. The number of nitrogens with two attached hydrogens (primary N) is 2. The highest BCUT2D eigenvalue weighted by Gasteiger charge is 2.39. The number of amides is 1. The van der Waals surface area contributed by atoms with Crippen LogP contribution in [0.2, 0.25) is 5.15 Å². The van der Waals surface area contributed by atoms with E-state index >= 15 is 0 Å². The van der Waals surface area contributed by atoms with Gasteiger partial charge in [0.15, 0.2) is 35.2 Å². The molecule has 2 aromatic rings. The van der Waals surface area contributed by atoms with Crippen LogP contribution in [-0.2, 0) is 25.4 Å². The van der Waals surface area contributed by atoms with Crippen molar-refractivity contribution in [3.8, 4) is 5.75 Å². The number of nitrogen functional groups attached to an aromatic ring is 1. The lowest BCUT2D eigenvalue weighted by molar-refractivity contribution is -0.135. The first kappa shape index (κ1) is 44.4. The summed E-state index contributed by atoms with van der Waals surface area (Å²) in [4.78, 5) is 26.1. The summed E-state index contributed by atoms with van der Waals surface area (Å²) in [6.45, 7) is 5.15. The number of hydrogen-bond acceptors (Lipinski definition) is 17. The van der Waals surface area contributed by atoms with Gasteiger partial charge in [-0.2, -0.15) is 0 Å². The summed E-state index contributed by atoms with van der Waals surface area (Å²) in [5, 5.41) is 66.8. The van der Waals surface area contributed by atoms with Crippen LogP contribution in [0.5, 0.6) is 5.75 Å². The van der Waals surface area contributed by atoms with Gasteiger partial charge in [0.1, 0.15) is 49.0 Å². The molecule has 0 saturated carbocycles. The van der Waals surface area contributed by atoms with E-state index in [4.69, 9.17) is 46.8 Å². The molecule has 3 heterocycles. The van der Waals surface area contributed by atoms with Crippen molar-refractivity contribution in [3.05, 3.63) is 46.4 Å². The van der Waals surface area contributed by atoms with Crippen molar-refractivity contribution in [1.29, 1.82) is 0 Å². The Labute approximate surface area is 324 Å². The molecule has 0 unspecified atom stereocenters. The summed E-state index contributed by atoms with van der Waals surface area (Å²) in [7, 11) is 0. The molecular weight excluding hydrogens is 746 g/mol. The minimum absolute atomic E-state index is 0.0423. The maximum Gasteiger partial charge on any atom is 0.280 e. The van der Waals surface area contributed by atoms with E-state index in [2.05, 4.69) is 20.3 Å². The van der Waals surface area contributed by atoms with E-state index in [0.29, 0.717) is 24.4 Å². The van der Waals surface area contributed by atoms with Gasteiger partial charge in [0, 0.05) is 26.2 Å². The Morgan fingerprint density at radius 1 is 0.964 bits per heavy atom. The molecule has 2 saturated heterocycles. The van der Waals surface area contributed by atoms with Crippen LogP contribution >= 0.6 is 11.6 Å². The number of carbonyl (C=O) groups is 1. The zero-order valence-electron chi connectivity index (χ0n) is 31.1. The van der Waals surface area contributed by atoms with Gasteiger partial charge in [0.2, 0.25) is 0 Å². The van der Waals surface area contributed by atoms with Crippen molar-refractivity contribution in [2.75, 3.05) is 51.7 Å². The number of halogens is 1. The highest BCUT2D eigenvalue weighted by Crippen LogP contribution is 2.21. The lowest BCUT2D eigenvalue weighted by Crippen LogP contribution is -2.53. The third-order valence-corrected chi connectivity index (χ3v) is 9.47. The van der Waals surface area contributed by atoms with Crippen LogP contribution in [-0.4, -0.2) is 165 Å². The number of hydrogen-bond donors (Lipinski definition) is 9. The van der Waals surface area contributed by atoms with Crippen molar-refractivity contribution in [1.82, 2.24) is 20.2 Å². The number of unbranched alkanes of at least 4 members (excludes halogenated alkanes) is 1. The van der Waals surface area contributed by atoms with Gasteiger partial charge in [-0.3, -0.25) is 20.0 Å². The second kappa shape index (κ2) is 21.3. The average molecular weight is 800 g/mol. The molecule has 4 rings (SSSR count). The Morgan fingerprint density at radius 2 is 1.53 bits per heavy atom. The Morgan fingerprint density at radius 3 is 2.05 bits per heavy atom. The number of aliphatic hydroxyl groups excluding tert-OH is 6. The summed E-state index contributed by atoms with van der Waals surface area (Å²) >= 11 is 5.95. The molecule has 0 radical (unpaired) electrons. The summed E-state index contributed by atoms with van der Waals surface area (Å²) in [5.74, 6) is -0.257. The molecule has 19 nitrogen and oxygen atoms in total. The maximum absolute atomic E-state index is 12.4. The highest BCUT2D eigenvalue weighted by molar-refractivity contribution is 6.30. The van der Waals surface area contributed by atoms with Crippen LogP contribution in [0.15, 0.2) is 29.3 Å². The fraction of sp³-hybridized carbons (Fsp3) is 0.657. The Bertz CT molecular complexity index is 1510. The fourth-order valence-electron chi connectivity index (χ4n) is 5.95. The zero-order valence-corrected chi connectivity index (χ0v) is 31.9. The Kier molecular flexibility index (Phi) is 17.2. The van der Waals surface area contributed by atoms with E-state index in [-0.39, 0.29) is 62.1 Å². The first-order valence-electron chi connectivity index (χ1n) is 18.1. The minimum Gasteiger partial charge on any atom is -0.492 e. The summed E-state index contributed by atoms with van der Waals surface area (Å²) < 4.78 is 27.4.